The minimum absolute atomic E-state index is 0.134. The Labute approximate surface area is 209 Å². The zero-order valence-electron chi connectivity index (χ0n) is 19.9. The van der Waals surface area contributed by atoms with Crippen LogP contribution in [0.2, 0.25) is 0 Å². The van der Waals surface area contributed by atoms with Crippen LogP contribution >= 0.6 is 0 Å². The first-order valence-corrected chi connectivity index (χ1v) is 11.8. The highest BCUT2D eigenvalue weighted by Crippen LogP contribution is 2.30. The highest BCUT2D eigenvalue weighted by Gasteiger charge is 2.33. The third-order valence-electron chi connectivity index (χ3n) is 6.12. The molecule has 5 rings (SSSR count). The fraction of sp³-hybridized carbons (Fsp3) is 0.241. The molecule has 0 radical (unpaired) electrons. The van der Waals surface area contributed by atoms with E-state index in [1.807, 2.05) is 73.7 Å². The first kappa shape index (κ1) is 23.8. The van der Waals surface area contributed by atoms with Crippen molar-refractivity contribution in [3.8, 4) is 23.3 Å². The number of aryl methyl sites for hydroxylation is 1. The summed E-state index contributed by atoms with van der Waals surface area (Å²) < 4.78 is 11.4. The number of fused-ring (bicyclic) bond motifs is 1. The molecule has 1 aromatic heterocycles. The van der Waals surface area contributed by atoms with Gasteiger partial charge in [0.1, 0.15) is 29.2 Å². The number of aromatic nitrogens is 2. The van der Waals surface area contributed by atoms with Gasteiger partial charge in [-0.2, -0.15) is 0 Å². The van der Waals surface area contributed by atoms with Crippen molar-refractivity contribution in [2.24, 2.45) is 0 Å². The molecule has 7 nitrogen and oxygen atoms in total. The van der Waals surface area contributed by atoms with E-state index in [0.717, 1.165) is 39.2 Å². The van der Waals surface area contributed by atoms with E-state index < -0.39 is 11.7 Å². The van der Waals surface area contributed by atoms with Crippen molar-refractivity contribution in [1.82, 2.24) is 9.97 Å². The Morgan fingerprint density at radius 3 is 2.78 bits per heavy atom. The first-order chi connectivity index (χ1) is 17.5. The van der Waals surface area contributed by atoms with Crippen LogP contribution in [0.5, 0.6) is 11.5 Å². The lowest BCUT2D eigenvalue weighted by Gasteiger charge is -2.32. The molecule has 0 saturated carbocycles. The summed E-state index contributed by atoms with van der Waals surface area (Å²) in [5.74, 6) is 8.30. The summed E-state index contributed by atoms with van der Waals surface area (Å²) in [7, 11) is 0. The molecule has 182 valence electrons. The van der Waals surface area contributed by atoms with Gasteiger partial charge in [-0.15, -0.1) is 0 Å². The Morgan fingerprint density at radius 1 is 1.11 bits per heavy atom. The van der Waals surface area contributed by atoms with Gasteiger partial charge in [0, 0.05) is 29.5 Å². The summed E-state index contributed by atoms with van der Waals surface area (Å²) >= 11 is 0. The second-order valence-corrected chi connectivity index (χ2v) is 8.89. The van der Waals surface area contributed by atoms with E-state index in [1.165, 1.54) is 6.33 Å². The average Bonchev–Trinajstić information content (AvgIpc) is 2.90. The van der Waals surface area contributed by atoms with E-state index >= 15 is 0 Å². The molecule has 1 saturated heterocycles. The predicted octanol–water partition coefficient (Wildman–Crippen LogP) is 4.73. The number of aliphatic hydroxyl groups is 2. The maximum atomic E-state index is 10.8. The predicted molar refractivity (Wildman–Crippen MR) is 138 cm³/mol. The number of para-hydroxylation sites is 1. The van der Waals surface area contributed by atoms with Crippen molar-refractivity contribution in [2.45, 2.75) is 31.5 Å². The second kappa shape index (κ2) is 10.3. The molecule has 0 aliphatic carbocycles. The lowest BCUT2D eigenvalue weighted by atomic mass is 9.91. The Bertz CT molecular complexity index is 1430. The molecule has 1 aliphatic heterocycles. The van der Waals surface area contributed by atoms with Gasteiger partial charge in [-0.3, -0.25) is 0 Å². The summed E-state index contributed by atoms with van der Waals surface area (Å²) in [5, 5.41) is 24.4. The number of ether oxygens (including phenoxy) is 2. The fourth-order valence-electron chi connectivity index (χ4n) is 4.18. The van der Waals surface area contributed by atoms with Crippen LogP contribution in [0.1, 0.15) is 24.0 Å². The Hall–Kier alpha value is -3.96. The van der Waals surface area contributed by atoms with Crippen LogP contribution in [-0.4, -0.2) is 45.1 Å². The van der Waals surface area contributed by atoms with Crippen LogP contribution in [0, 0.1) is 18.8 Å². The molecule has 4 aromatic rings. The van der Waals surface area contributed by atoms with Gasteiger partial charge in [0.05, 0.1) is 24.8 Å². The third-order valence-corrected chi connectivity index (χ3v) is 6.12. The van der Waals surface area contributed by atoms with Gasteiger partial charge in [0.25, 0.3) is 0 Å². The summed E-state index contributed by atoms with van der Waals surface area (Å²) in [4.78, 5) is 8.83. The maximum absolute atomic E-state index is 10.8. The normalized spacial score (nSPS) is 19.4. The molecular weight excluding hydrogens is 454 g/mol. The van der Waals surface area contributed by atoms with Gasteiger partial charge in [0.15, 0.2) is 0 Å². The van der Waals surface area contributed by atoms with Crippen LogP contribution in [0.25, 0.3) is 10.9 Å². The number of hydrogen-bond acceptors (Lipinski definition) is 7. The van der Waals surface area contributed by atoms with Gasteiger partial charge in [-0.25, -0.2) is 9.97 Å². The number of anilines is 2. The number of aliphatic hydroxyl groups excluding tert-OH is 1. The van der Waals surface area contributed by atoms with Crippen LogP contribution in [0.4, 0.5) is 11.5 Å². The van der Waals surface area contributed by atoms with E-state index in [2.05, 4.69) is 27.1 Å². The zero-order chi connectivity index (χ0) is 25.0. The maximum Gasteiger partial charge on any atom is 0.141 e. The van der Waals surface area contributed by atoms with E-state index in [9.17, 15) is 10.2 Å². The monoisotopic (exact) mass is 481 g/mol. The van der Waals surface area contributed by atoms with Crippen LogP contribution in [0.15, 0.2) is 73.1 Å². The Balaban J connectivity index is 1.38. The molecule has 2 heterocycles. The van der Waals surface area contributed by atoms with Crippen molar-refractivity contribution in [2.75, 3.05) is 18.5 Å². The fourth-order valence-corrected chi connectivity index (χ4v) is 4.18. The van der Waals surface area contributed by atoms with E-state index in [1.54, 1.807) is 0 Å². The highest BCUT2D eigenvalue weighted by molar-refractivity contribution is 5.91. The quantitative estimate of drug-likeness (QED) is 0.355. The molecule has 2 atom stereocenters. The van der Waals surface area contributed by atoms with Crippen molar-refractivity contribution in [1.29, 1.82) is 0 Å². The molecule has 3 aromatic carbocycles. The molecule has 0 amide bonds. The van der Waals surface area contributed by atoms with Crippen LogP contribution < -0.4 is 10.1 Å². The third kappa shape index (κ3) is 5.47. The SMILES string of the molecule is Cc1cc(Nc2ncnc3ccc(C#CC4(O)CCOC(CO)C4)cc23)ccc1Oc1ccccc1. The Morgan fingerprint density at radius 2 is 1.97 bits per heavy atom. The molecule has 0 bridgehead atoms. The Kier molecular flexibility index (Phi) is 6.83. The standard InChI is InChI=1S/C29H27N3O4/c1-20-15-22(8-10-27(20)36-23-5-3-2-4-6-23)32-28-25-16-21(7-9-26(25)30-19-31-28)11-12-29(34)13-14-35-24(17-29)18-33/h2-10,15-16,19,24,33-34H,13-14,17-18H2,1H3,(H,30,31,32). The molecular formula is C29H27N3O4. The van der Waals surface area contributed by atoms with Gasteiger partial charge < -0.3 is 25.0 Å². The van der Waals surface area contributed by atoms with Gasteiger partial charge in [-0.05, 0) is 61.0 Å². The topological polar surface area (TPSA) is 96.7 Å². The summed E-state index contributed by atoms with van der Waals surface area (Å²) in [5.41, 5.74) is 2.19. The van der Waals surface area contributed by atoms with E-state index in [-0.39, 0.29) is 13.0 Å². The summed E-state index contributed by atoms with van der Waals surface area (Å²) in [6, 6.07) is 21.2. The van der Waals surface area contributed by atoms with Crippen molar-refractivity contribution >= 4 is 22.4 Å². The van der Waals surface area contributed by atoms with Gasteiger partial charge in [-0.1, -0.05) is 30.0 Å². The number of nitrogens with zero attached hydrogens (tertiary/aromatic N) is 2. The molecule has 0 spiro atoms. The number of hydrogen-bond donors (Lipinski definition) is 3. The number of nitrogens with one attached hydrogen (secondary N) is 1. The molecule has 1 aliphatic rings. The largest absolute Gasteiger partial charge is 0.457 e. The number of rotatable bonds is 5. The number of benzene rings is 3. The smallest absolute Gasteiger partial charge is 0.141 e. The van der Waals surface area contributed by atoms with E-state index in [0.29, 0.717) is 18.8 Å². The van der Waals surface area contributed by atoms with Crippen molar-refractivity contribution < 1.29 is 19.7 Å². The molecule has 1 fully saturated rings. The average molecular weight is 482 g/mol. The van der Waals surface area contributed by atoms with Gasteiger partial charge >= 0.3 is 0 Å². The highest BCUT2D eigenvalue weighted by atomic mass is 16.5. The lowest BCUT2D eigenvalue weighted by Crippen LogP contribution is -2.41. The van der Waals surface area contributed by atoms with Crippen LogP contribution in [0.3, 0.4) is 0 Å². The zero-order valence-corrected chi connectivity index (χ0v) is 19.9. The van der Waals surface area contributed by atoms with Crippen LogP contribution in [-0.2, 0) is 4.74 Å². The molecule has 36 heavy (non-hydrogen) atoms. The minimum Gasteiger partial charge on any atom is -0.457 e. The molecule has 7 heteroatoms. The summed E-state index contributed by atoms with van der Waals surface area (Å²) in [6.45, 7) is 2.23. The van der Waals surface area contributed by atoms with Crippen molar-refractivity contribution in [3.63, 3.8) is 0 Å². The minimum atomic E-state index is -1.18. The first-order valence-electron chi connectivity index (χ1n) is 11.8. The lowest BCUT2D eigenvalue weighted by molar-refractivity contribution is -0.0905. The second-order valence-electron chi connectivity index (χ2n) is 8.89. The van der Waals surface area contributed by atoms with E-state index in [4.69, 9.17) is 9.47 Å². The van der Waals surface area contributed by atoms with Crippen molar-refractivity contribution in [3.05, 3.63) is 84.2 Å². The summed E-state index contributed by atoms with van der Waals surface area (Å²) in [6.07, 6.45) is 1.81. The molecule has 2 unspecified atom stereocenters. The van der Waals surface area contributed by atoms with Gasteiger partial charge in [0.2, 0.25) is 0 Å². The molecule has 3 N–H and O–H groups in total.